The first-order chi connectivity index (χ1) is 19.9. The number of benzene rings is 1. The Morgan fingerprint density at radius 2 is 1.63 bits per heavy atom. The Balaban J connectivity index is 1.26. The van der Waals surface area contributed by atoms with E-state index in [9.17, 15) is 19.7 Å². The molecule has 0 unspecified atom stereocenters. The van der Waals surface area contributed by atoms with E-state index >= 15 is 0 Å². The number of nitrogens with zero attached hydrogens (tertiary/aromatic N) is 4. The molecule has 0 spiro atoms. The molecule has 0 aliphatic carbocycles. The van der Waals surface area contributed by atoms with Gasteiger partial charge in [0.1, 0.15) is 17.1 Å². The molecule has 0 bridgehead atoms. The minimum Gasteiger partial charge on any atom is -0.534 e. The largest absolute Gasteiger partial charge is 0.547 e. The summed E-state index contributed by atoms with van der Waals surface area (Å²) in [5.74, 6) is -2.32. The van der Waals surface area contributed by atoms with Crippen LogP contribution >= 0.6 is 0 Å². The zero-order valence-corrected chi connectivity index (χ0v) is 22.3. The average Bonchev–Trinajstić information content (AvgIpc) is 2.98. The van der Waals surface area contributed by atoms with Crippen LogP contribution in [0.4, 0.5) is 0 Å². The molecule has 1 aliphatic heterocycles. The van der Waals surface area contributed by atoms with Crippen LogP contribution in [0.25, 0.3) is 0 Å². The predicted molar refractivity (Wildman–Crippen MR) is 149 cm³/mol. The Labute approximate surface area is 237 Å². The summed E-state index contributed by atoms with van der Waals surface area (Å²) in [6, 6.07) is 18.2. The highest BCUT2D eigenvalue weighted by Gasteiger charge is 2.39. The molecule has 0 saturated heterocycles. The number of rotatable bonds is 10. The molecule has 4 aromatic rings. The Morgan fingerprint density at radius 3 is 2.17 bits per heavy atom. The summed E-state index contributed by atoms with van der Waals surface area (Å²) in [4.78, 5) is 40.3. The van der Waals surface area contributed by atoms with Gasteiger partial charge in [-0.1, -0.05) is 18.2 Å². The summed E-state index contributed by atoms with van der Waals surface area (Å²) in [6.45, 7) is 1.70. The van der Waals surface area contributed by atoms with E-state index in [4.69, 9.17) is 9.39 Å². The fourth-order valence-electron chi connectivity index (χ4n) is 4.68. The van der Waals surface area contributed by atoms with Crippen LogP contribution in [0.5, 0.6) is 11.5 Å². The van der Waals surface area contributed by atoms with E-state index in [1.807, 2.05) is 36.4 Å². The standard InChI is InChI=1S/C29H28BN5O6/c1-40-24-11-9-19-14-25(30(39)41-27(19)26(24)29(37)38)34-28(36)20-8-10-23(33-15-20)18-35(16-21-6-2-4-12-31-21)17-22-7-3-5-13-32-22/h2-13,15,25,39H,14,16-18H2,1H3,(H,34,36)(H,37,38)/t25-/m0/s1. The number of amides is 1. The molecule has 11 nitrogen and oxygen atoms in total. The smallest absolute Gasteiger partial charge is 0.534 e. The maximum atomic E-state index is 13.0. The van der Waals surface area contributed by atoms with Crippen molar-refractivity contribution >= 4 is 19.0 Å². The van der Waals surface area contributed by atoms with Crippen molar-refractivity contribution in [3.63, 3.8) is 0 Å². The second-order valence-electron chi connectivity index (χ2n) is 9.55. The third-order valence-electron chi connectivity index (χ3n) is 6.67. The van der Waals surface area contributed by atoms with Crippen molar-refractivity contribution in [3.8, 4) is 11.5 Å². The van der Waals surface area contributed by atoms with Gasteiger partial charge in [-0.2, -0.15) is 0 Å². The van der Waals surface area contributed by atoms with Gasteiger partial charge in [0.15, 0.2) is 0 Å². The molecule has 208 valence electrons. The van der Waals surface area contributed by atoms with Gasteiger partial charge in [0.2, 0.25) is 0 Å². The van der Waals surface area contributed by atoms with Crippen LogP contribution in [-0.4, -0.2) is 62.0 Å². The quantitative estimate of drug-likeness (QED) is 0.250. The molecule has 3 N–H and O–H groups in total. The lowest BCUT2D eigenvalue weighted by molar-refractivity contribution is 0.0689. The van der Waals surface area contributed by atoms with Crippen LogP contribution in [0.1, 0.15) is 43.4 Å². The minimum atomic E-state index is -1.45. The van der Waals surface area contributed by atoms with Gasteiger partial charge in [0, 0.05) is 38.2 Å². The van der Waals surface area contributed by atoms with Crippen LogP contribution in [0, 0.1) is 0 Å². The van der Waals surface area contributed by atoms with Crippen molar-refractivity contribution in [2.75, 3.05) is 7.11 Å². The molecule has 0 fully saturated rings. The number of aromatic carboxylic acids is 1. The van der Waals surface area contributed by atoms with E-state index < -0.39 is 24.9 Å². The van der Waals surface area contributed by atoms with Crippen molar-refractivity contribution in [2.45, 2.75) is 32.0 Å². The fraction of sp³-hybridized carbons (Fsp3) is 0.207. The Hall–Kier alpha value is -4.81. The Kier molecular flexibility index (Phi) is 8.51. The number of pyridine rings is 3. The molecule has 3 aromatic heterocycles. The van der Waals surface area contributed by atoms with Gasteiger partial charge in [0.05, 0.1) is 35.7 Å². The van der Waals surface area contributed by atoms with Crippen molar-refractivity contribution < 1.29 is 29.1 Å². The van der Waals surface area contributed by atoms with Gasteiger partial charge < -0.3 is 24.8 Å². The van der Waals surface area contributed by atoms with Crippen LogP contribution in [0.3, 0.4) is 0 Å². The molecule has 1 amide bonds. The van der Waals surface area contributed by atoms with E-state index in [-0.39, 0.29) is 23.5 Å². The third kappa shape index (κ3) is 6.68. The zero-order valence-electron chi connectivity index (χ0n) is 22.3. The second-order valence-corrected chi connectivity index (χ2v) is 9.55. The number of methoxy groups -OCH3 is 1. The van der Waals surface area contributed by atoms with E-state index in [1.165, 1.54) is 19.4 Å². The molecule has 0 radical (unpaired) electrons. The summed E-state index contributed by atoms with van der Waals surface area (Å²) < 4.78 is 10.6. The van der Waals surface area contributed by atoms with E-state index in [0.29, 0.717) is 30.8 Å². The number of carbonyl (C=O) groups excluding carboxylic acids is 1. The lowest BCUT2D eigenvalue weighted by atomic mass is 9.72. The van der Waals surface area contributed by atoms with Crippen LogP contribution < -0.4 is 14.7 Å². The van der Waals surface area contributed by atoms with Crippen LogP contribution in [0.2, 0.25) is 0 Å². The first-order valence-electron chi connectivity index (χ1n) is 13.0. The molecular formula is C29H28BN5O6. The summed E-state index contributed by atoms with van der Waals surface area (Å²) in [6.07, 6.45) is 5.18. The fourth-order valence-corrected chi connectivity index (χ4v) is 4.68. The van der Waals surface area contributed by atoms with E-state index in [1.54, 1.807) is 30.6 Å². The van der Waals surface area contributed by atoms with Crippen molar-refractivity contribution in [1.82, 2.24) is 25.2 Å². The molecule has 4 heterocycles. The maximum Gasteiger partial charge on any atom is 0.547 e. The number of carboxylic acids is 1. The van der Waals surface area contributed by atoms with Crippen LogP contribution in [0.15, 0.2) is 79.3 Å². The van der Waals surface area contributed by atoms with Crippen molar-refractivity contribution in [2.24, 2.45) is 0 Å². The Bertz CT molecular complexity index is 1470. The summed E-state index contributed by atoms with van der Waals surface area (Å²) >= 11 is 0. The molecule has 12 heteroatoms. The predicted octanol–water partition coefficient (Wildman–Crippen LogP) is 2.53. The monoisotopic (exact) mass is 553 g/mol. The second kappa shape index (κ2) is 12.6. The highest BCUT2D eigenvalue weighted by atomic mass is 16.5. The molecule has 0 saturated carbocycles. The number of hydrogen-bond donors (Lipinski definition) is 3. The highest BCUT2D eigenvalue weighted by molar-refractivity contribution is 6.47. The van der Waals surface area contributed by atoms with Gasteiger partial charge in [-0.15, -0.1) is 0 Å². The van der Waals surface area contributed by atoms with Crippen molar-refractivity contribution in [1.29, 1.82) is 0 Å². The minimum absolute atomic E-state index is 0.0295. The molecule has 41 heavy (non-hydrogen) atoms. The summed E-state index contributed by atoms with van der Waals surface area (Å²) in [5.41, 5.74) is 3.28. The van der Waals surface area contributed by atoms with E-state index in [0.717, 1.165) is 17.1 Å². The molecule has 1 atom stereocenters. The number of hydrogen-bond acceptors (Lipinski definition) is 9. The van der Waals surface area contributed by atoms with Gasteiger partial charge in [-0.25, -0.2) is 4.79 Å². The molecule has 1 aliphatic rings. The third-order valence-corrected chi connectivity index (χ3v) is 6.67. The van der Waals surface area contributed by atoms with E-state index in [2.05, 4.69) is 25.2 Å². The number of fused-ring (bicyclic) bond motifs is 1. The van der Waals surface area contributed by atoms with Gasteiger partial charge in [-0.05, 0) is 54.4 Å². The lowest BCUT2D eigenvalue weighted by Gasteiger charge is -2.29. The maximum absolute atomic E-state index is 13.0. The lowest BCUT2D eigenvalue weighted by Crippen LogP contribution is -2.53. The molecule has 1 aromatic carbocycles. The summed E-state index contributed by atoms with van der Waals surface area (Å²) in [5, 5.41) is 22.9. The average molecular weight is 553 g/mol. The number of carbonyl (C=O) groups is 2. The molecular weight excluding hydrogens is 525 g/mol. The highest BCUT2D eigenvalue weighted by Crippen LogP contribution is 2.36. The van der Waals surface area contributed by atoms with Gasteiger partial charge in [0.25, 0.3) is 5.91 Å². The summed E-state index contributed by atoms with van der Waals surface area (Å²) in [7, 11) is -0.0931. The number of aromatic nitrogens is 3. The zero-order chi connectivity index (χ0) is 28.8. The van der Waals surface area contributed by atoms with Gasteiger partial charge in [-0.3, -0.25) is 24.6 Å². The van der Waals surface area contributed by atoms with Crippen molar-refractivity contribution in [3.05, 3.63) is 113 Å². The van der Waals surface area contributed by atoms with Gasteiger partial charge >= 0.3 is 13.1 Å². The number of ether oxygens (including phenoxy) is 1. The topological polar surface area (TPSA) is 147 Å². The SMILES string of the molecule is COc1ccc2c(c1C(=O)O)OB(O)[C@@H](NC(=O)c1ccc(CN(Cc3ccccn3)Cc3ccccn3)nc1)C2. The number of carboxylic acid groups (broad SMARTS) is 1. The number of nitrogens with one attached hydrogen (secondary N) is 1. The Morgan fingerprint density at radius 1 is 0.976 bits per heavy atom. The van der Waals surface area contributed by atoms with Crippen LogP contribution in [-0.2, 0) is 26.1 Å². The normalized spacial score (nSPS) is 14.2. The molecule has 5 rings (SSSR count). The first kappa shape index (κ1) is 27.8. The first-order valence-corrected chi connectivity index (χ1v) is 13.0.